The summed E-state index contributed by atoms with van der Waals surface area (Å²) < 4.78 is 15.6. The molecule has 0 aromatic heterocycles. The fourth-order valence-corrected chi connectivity index (χ4v) is 1.72. The van der Waals surface area contributed by atoms with Crippen LogP contribution in [-0.2, 0) is 14.2 Å². The molecule has 6 nitrogen and oxygen atoms in total. The lowest BCUT2D eigenvalue weighted by molar-refractivity contribution is -0.334. The first kappa shape index (κ1) is 10.3. The Balaban J connectivity index is 2.07. The van der Waals surface area contributed by atoms with Gasteiger partial charge in [-0.3, -0.25) is 0 Å². The molecule has 6 heteroatoms. The molecule has 2 fully saturated rings. The van der Waals surface area contributed by atoms with Gasteiger partial charge >= 0.3 is 0 Å². The van der Waals surface area contributed by atoms with E-state index < -0.39 is 30.7 Å². The highest BCUT2D eigenvalue weighted by molar-refractivity contribution is 4.90. The van der Waals surface area contributed by atoms with Crippen molar-refractivity contribution in [3.8, 4) is 0 Å². The molecule has 3 N–H and O–H groups in total. The molecular weight excluding hydrogens is 192 g/mol. The van der Waals surface area contributed by atoms with E-state index in [-0.39, 0.29) is 6.61 Å². The van der Waals surface area contributed by atoms with Gasteiger partial charge in [0.15, 0.2) is 6.29 Å². The van der Waals surface area contributed by atoms with Gasteiger partial charge in [-0.05, 0) is 0 Å². The van der Waals surface area contributed by atoms with Crippen molar-refractivity contribution in [3.63, 3.8) is 0 Å². The van der Waals surface area contributed by atoms with Gasteiger partial charge in [0.1, 0.15) is 24.4 Å². The maximum atomic E-state index is 9.63. The summed E-state index contributed by atoms with van der Waals surface area (Å²) in [7, 11) is 0. The van der Waals surface area contributed by atoms with Crippen LogP contribution in [0.25, 0.3) is 0 Å². The second kappa shape index (κ2) is 4.09. The molecular formula is C8H14O6. The molecule has 0 aliphatic carbocycles. The highest BCUT2D eigenvalue weighted by Crippen LogP contribution is 2.26. The quantitative estimate of drug-likeness (QED) is 0.453. The molecule has 82 valence electrons. The van der Waals surface area contributed by atoms with Crippen molar-refractivity contribution < 1.29 is 29.5 Å². The molecule has 0 saturated carbocycles. The zero-order chi connectivity index (χ0) is 10.1. The highest BCUT2D eigenvalue weighted by Gasteiger charge is 2.46. The standard InChI is InChI=1S/C8H14O6/c9-3-4-5(10)6(11)7-8(14-4)13-2-1-12-7/h4-11H,1-3H2/t4-,5-,6+,7-,8-/m1/s1. The molecule has 2 saturated heterocycles. The van der Waals surface area contributed by atoms with Gasteiger partial charge in [0.2, 0.25) is 0 Å². The van der Waals surface area contributed by atoms with Gasteiger partial charge in [-0.2, -0.15) is 0 Å². The third kappa shape index (κ3) is 1.65. The molecule has 0 aromatic carbocycles. The van der Waals surface area contributed by atoms with E-state index in [9.17, 15) is 10.2 Å². The second-order valence-electron chi connectivity index (χ2n) is 3.41. The minimum atomic E-state index is -1.14. The molecule has 0 aromatic rings. The Kier molecular flexibility index (Phi) is 3.01. The van der Waals surface area contributed by atoms with Crippen LogP contribution in [0.4, 0.5) is 0 Å². The lowest BCUT2D eigenvalue weighted by Gasteiger charge is -2.43. The molecule has 14 heavy (non-hydrogen) atoms. The van der Waals surface area contributed by atoms with Crippen molar-refractivity contribution in [1.29, 1.82) is 0 Å². The van der Waals surface area contributed by atoms with Crippen molar-refractivity contribution in [2.45, 2.75) is 30.7 Å². The maximum Gasteiger partial charge on any atom is 0.187 e. The minimum Gasteiger partial charge on any atom is -0.394 e. The molecule has 2 aliphatic rings. The molecule has 2 aliphatic heterocycles. The number of fused-ring (bicyclic) bond motifs is 1. The Bertz CT molecular complexity index is 196. The summed E-state index contributed by atoms with van der Waals surface area (Å²) in [6.07, 6.45) is -4.39. The van der Waals surface area contributed by atoms with Crippen LogP contribution in [0.3, 0.4) is 0 Å². The average molecular weight is 206 g/mol. The SMILES string of the molecule is OC[C@H]1O[C@H]2OCCO[C@@H]2[C@@H](O)[C@@H]1O. The van der Waals surface area contributed by atoms with Crippen molar-refractivity contribution in [1.82, 2.24) is 0 Å². The largest absolute Gasteiger partial charge is 0.394 e. The lowest BCUT2D eigenvalue weighted by atomic mass is 9.99. The van der Waals surface area contributed by atoms with Gasteiger partial charge in [0, 0.05) is 0 Å². The first-order chi connectivity index (χ1) is 6.74. The predicted octanol–water partition coefficient (Wildman–Crippen LogP) is -2.16. The first-order valence-electron chi connectivity index (χ1n) is 4.59. The normalized spacial score (nSPS) is 48.6. The number of hydrogen-bond acceptors (Lipinski definition) is 6. The molecule has 0 amide bonds. The summed E-state index contributed by atoms with van der Waals surface area (Å²) in [6, 6.07) is 0. The fraction of sp³-hybridized carbons (Fsp3) is 1.00. The average Bonchev–Trinajstić information content (AvgIpc) is 2.23. The van der Waals surface area contributed by atoms with Crippen LogP contribution in [0, 0.1) is 0 Å². The van der Waals surface area contributed by atoms with E-state index in [0.29, 0.717) is 13.2 Å². The van der Waals surface area contributed by atoms with Crippen molar-refractivity contribution in [2.75, 3.05) is 19.8 Å². The van der Waals surface area contributed by atoms with Gasteiger partial charge in [-0.15, -0.1) is 0 Å². The molecule has 0 spiro atoms. The summed E-state index contributed by atoms with van der Waals surface area (Å²) in [4.78, 5) is 0. The Morgan fingerprint density at radius 2 is 1.79 bits per heavy atom. The van der Waals surface area contributed by atoms with E-state index in [4.69, 9.17) is 19.3 Å². The third-order valence-electron chi connectivity index (χ3n) is 2.50. The number of rotatable bonds is 1. The monoisotopic (exact) mass is 206 g/mol. The van der Waals surface area contributed by atoms with Crippen molar-refractivity contribution in [2.24, 2.45) is 0 Å². The zero-order valence-electron chi connectivity index (χ0n) is 7.57. The smallest absolute Gasteiger partial charge is 0.187 e. The molecule has 2 heterocycles. The van der Waals surface area contributed by atoms with E-state index in [2.05, 4.69) is 0 Å². The third-order valence-corrected chi connectivity index (χ3v) is 2.50. The van der Waals surface area contributed by atoms with Crippen LogP contribution >= 0.6 is 0 Å². The molecule has 0 bridgehead atoms. The first-order valence-corrected chi connectivity index (χ1v) is 4.59. The van der Waals surface area contributed by atoms with E-state index in [0.717, 1.165) is 0 Å². The lowest BCUT2D eigenvalue weighted by Crippen LogP contribution is -2.61. The zero-order valence-corrected chi connectivity index (χ0v) is 7.57. The Labute approximate surface area is 81.0 Å². The summed E-state index contributed by atoms with van der Waals surface area (Å²) in [5.74, 6) is 0. The van der Waals surface area contributed by atoms with Gasteiger partial charge in [-0.1, -0.05) is 0 Å². The van der Waals surface area contributed by atoms with Gasteiger partial charge < -0.3 is 29.5 Å². The number of aliphatic hydroxyl groups is 3. The van der Waals surface area contributed by atoms with E-state index in [1.807, 2.05) is 0 Å². The maximum absolute atomic E-state index is 9.63. The Morgan fingerprint density at radius 1 is 1.07 bits per heavy atom. The van der Waals surface area contributed by atoms with Crippen LogP contribution in [0.15, 0.2) is 0 Å². The topological polar surface area (TPSA) is 88.4 Å². The molecule has 0 radical (unpaired) electrons. The predicted molar refractivity (Wildman–Crippen MR) is 43.5 cm³/mol. The Hall–Kier alpha value is -0.240. The van der Waals surface area contributed by atoms with Crippen LogP contribution in [0.5, 0.6) is 0 Å². The summed E-state index contributed by atoms with van der Waals surface area (Å²) >= 11 is 0. The summed E-state index contributed by atoms with van der Waals surface area (Å²) in [5, 5.41) is 28.0. The molecule has 5 atom stereocenters. The van der Waals surface area contributed by atoms with E-state index in [1.54, 1.807) is 0 Å². The van der Waals surface area contributed by atoms with Gasteiger partial charge in [-0.25, -0.2) is 0 Å². The molecule has 2 rings (SSSR count). The second-order valence-corrected chi connectivity index (χ2v) is 3.41. The van der Waals surface area contributed by atoms with Crippen LogP contribution in [-0.4, -0.2) is 65.8 Å². The summed E-state index contributed by atoms with van der Waals surface area (Å²) in [6.45, 7) is 0.408. The van der Waals surface area contributed by atoms with Crippen molar-refractivity contribution >= 4 is 0 Å². The highest BCUT2D eigenvalue weighted by atomic mass is 16.7. The number of ether oxygens (including phenoxy) is 3. The van der Waals surface area contributed by atoms with E-state index in [1.165, 1.54) is 0 Å². The molecule has 0 unspecified atom stereocenters. The van der Waals surface area contributed by atoms with Crippen LogP contribution in [0.2, 0.25) is 0 Å². The number of aliphatic hydroxyl groups excluding tert-OH is 3. The van der Waals surface area contributed by atoms with Gasteiger partial charge in [0.25, 0.3) is 0 Å². The van der Waals surface area contributed by atoms with Crippen LogP contribution < -0.4 is 0 Å². The van der Waals surface area contributed by atoms with Gasteiger partial charge in [0.05, 0.1) is 19.8 Å². The van der Waals surface area contributed by atoms with Crippen LogP contribution in [0.1, 0.15) is 0 Å². The van der Waals surface area contributed by atoms with E-state index >= 15 is 0 Å². The Morgan fingerprint density at radius 3 is 2.50 bits per heavy atom. The van der Waals surface area contributed by atoms with Crippen molar-refractivity contribution in [3.05, 3.63) is 0 Å². The minimum absolute atomic E-state index is 0.356. The number of hydrogen-bond donors (Lipinski definition) is 3. The summed E-state index contributed by atoms with van der Waals surface area (Å²) in [5.41, 5.74) is 0. The fourth-order valence-electron chi connectivity index (χ4n) is 1.72.